The van der Waals surface area contributed by atoms with Crippen LogP contribution >= 0.6 is 0 Å². The van der Waals surface area contributed by atoms with Crippen LogP contribution in [0.4, 0.5) is 0 Å². The summed E-state index contributed by atoms with van der Waals surface area (Å²) in [4.78, 5) is 14.4. The van der Waals surface area contributed by atoms with Crippen LogP contribution in [0.5, 0.6) is 0 Å². The number of rotatable bonds is 5. The van der Waals surface area contributed by atoms with Crippen molar-refractivity contribution in [3.63, 3.8) is 0 Å². The number of aryl methyl sites for hydroxylation is 1. The van der Waals surface area contributed by atoms with Gasteiger partial charge in [0.15, 0.2) is 0 Å². The van der Waals surface area contributed by atoms with E-state index < -0.39 is 0 Å². The summed E-state index contributed by atoms with van der Waals surface area (Å²) >= 11 is 0. The molecule has 1 unspecified atom stereocenters. The minimum atomic E-state index is -0.254. The van der Waals surface area contributed by atoms with E-state index in [1.54, 1.807) is 0 Å². The summed E-state index contributed by atoms with van der Waals surface area (Å²) in [5.41, 5.74) is 2.20. The number of carbonyl (C=O) groups excluding carboxylic acids is 1. The standard InChI is InChI=1S/C17H25NO2/c1-4-20-16(19)13-17(3,18-11-5-6-12-18)15-9-7-14(2)8-10-15/h7-10H,4-6,11-13H2,1-3H3. The van der Waals surface area contributed by atoms with Crippen LogP contribution in [0.15, 0.2) is 24.3 Å². The first-order chi connectivity index (χ1) is 9.56. The Morgan fingerprint density at radius 1 is 1.25 bits per heavy atom. The lowest BCUT2D eigenvalue weighted by Gasteiger charge is -2.38. The second kappa shape index (κ2) is 6.40. The highest BCUT2D eigenvalue weighted by Gasteiger charge is 2.37. The fourth-order valence-corrected chi connectivity index (χ4v) is 3.01. The first kappa shape index (κ1) is 15.0. The zero-order valence-corrected chi connectivity index (χ0v) is 12.8. The molecule has 3 heteroatoms. The molecule has 3 nitrogen and oxygen atoms in total. The third-order valence-corrected chi connectivity index (χ3v) is 4.27. The van der Waals surface area contributed by atoms with E-state index in [2.05, 4.69) is 43.0 Å². The summed E-state index contributed by atoms with van der Waals surface area (Å²) in [7, 11) is 0. The number of nitrogens with zero attached hydrogens (tertiary/aromatic N) is 1. The van der Waals surface area contributed by atoms with Gasteiger partial charge < -0.3 is 4.74 Å². The van der Waals surface area contributed by atoms with Gasteiger partial charge >= 0.3 is 5.97 Å². The summed E-state index contributed by atoms with van der Waals surface area (Å²) in [6, 6.07) is 8.53. The van der Waals surface area contributed by atoms with Crippen LogP contribution in [0.1, 0.15) is 44.2 Å². The molecule has 0 saturated carbocycles. The van der Waals surface area contributed by atoms with Crippen molar-refractivity contribution in [2.75, 3.05) is 19.7 Å². The molecule has 1 aliphatic rings. The van der Waals surface area contributed by atoms with Crippen molar-refractivity contribution in [1.82, 2.24) is 4.90 Å². The van der Waals surface area contributed by atoms with Crippen molar-refractivity contribution in [2.24, 2.45) is 0 Å². The van der Waals surface area contributed by atoms with Gasteiger partial charge in [0.1, 0.15) is 0 Å². The van der Waals surface area contributed by atoms with E-state index >= 15 is 0 Å². The third kappa shape index (κ3) is 3.21. The molecule has 1 aliphatic heterocycles. The topological polar surface area (TPSA) is 29.5 Å². The van der Waals surface area contributed by atoms with Gasteiger partial charge in [0.2, 0.25) is 0 Å². The van der Waals surface area contributed by atoms with E-state index in [0.29, 0.717) is 13.0 Å². The van der Waals surface area contributed by atoms with Gasteiger partial charge in [-0.1, -0.05) is 29.8 Å². The Labute approximate surface area is 121 Å². The predicted octanol–water partition coefficient (Wildman–Crippen LogP) is 3.26. The molecular formula is C17H25NO2. The number of carbonyl (C=O) groups is 1. The highest BCUT2D eigenvalue weighted by atomic mass is 16.5. The van der Waals surface area contributed by atoms with E-state index in [-0.39, 0.29) is 11.5 Å². The summed E-state index contributed by atoms with van der Waals surface area (Å²) < 4.78 is 5.18. The van der Waals surface area contributed by atoms with Crippen molar-refractivity contribution in [2.45, 2.75) is 45.6 Å². The van der Waals surface area contributed by atoms with Crippen LogP contribution in [0, 0.1) is 6.92 Å². The van der Waals surface area contributed by atoms with Gasteiger partial charge in [0.05, 0.1) is 18.6 Å². The first-order valence-corrected chi connectivity index (χ1v) is 7.54. The van der Waals surface area contributed by atoms with Crippen LogP contribution in [0.25, 0.3) is 0 Å². The molecule has 20 heavy (non-hydrogen) atoms. The SMILES string of the molecule is CCOC(=O)CC(C)(c1ccc(C)cc1)N1CCCC1. The van der Waals surface area contributed by atoms with Crippen molar-refractivity contribution >= 4 is 5.97 Å². The first-order valence-electron chi connectivity index (χ1n) is 7.54. The van der Waals surface area contributed by atoms with Crippen LogP contribution in [0.3, 0.4) is 0 Å². The molecule has 1 aromatic carbocycles. The molecule has 1 aromatic rings. The van der Waals surface area contributed by atoms with E-state index in [4.69, 9.17) is 4.74 Å². The van der Waals surface area contributed by atoms with Crippen LogP contribution in [0.2, 0.25) is 0 Å². The molecule has 0 radical (unpaired) electrons. The van der Waals surface area contributed by atoms with Gasteiger partial charge in [-0.15, -0.1) is 0 Å². The highest BCUT2D eigenvalue weighted by Crippen LogP contribution is 2.35. The molecule has 0 aromatic heterocycles. The van der Waals surface area contributed by atoms with E-state index in [0.717, 1.165) is 13.1 Å². The molecule has 1 heterocycles. The smallest absolute Gasteiger partial charge is 0.307 e. The minimum absolute atomic E-state index is 0.109. The zero-order chi connectivity index (χ0) is 14.6. The van der Waals surface area contributed by atoms with Crippen LogP contribution in [-0.4, -0.2) is 30.6 Å². The molecule has 0 aliphatic carbocycles. The molecule has 0 spiro atoms. The van der Waals surface area contributed by atoms with Gasteiger partial charge in [-0.05, 0) is 52.3 Å². The summed E-state index contributed by atoms with van der Waals surface area (Å²) in [5, 5.41) is 0. The van der Waals surface area contributed by atoms with E-state index in [1.165, 1.54) is 24.0 Å². The fourth-order valence-electron chi connectivity index (χ4n) is 3.01. The van der Waals surface area contributed by atoms with Crippen molar-refractivity contribution < 1.29 is 9.53 Å². The Bertz CT molecular complexity index is 449. The quantitative estimate of drug-likeness (QED) is 0.773. The summed E-state index contributed by atoms with van der Waals surface area (Å²) in [6.45, 7) is 8.68. The lowest BCUT2D eigenvalue weighted by Crippen LogP contribution is -2.44. The second-order valence-electron chi connectivity index (χ2n) is 5.82. The van der Waals surface area contributed by atoms with E-state index in [9.17, 15) is 4.79 Å². The third-order valence-electron chi connectivity index (χ3n) is 4.27. The number of likely N-dealkylation sites (tertiary alicyclic amines) is 1. The van der Waals surface area contributed by atoms with Gasteiger partial charge in [-0.3, -0.25) is 9.69 Å². The van der Waals surface area contributed by atoms with Crippen LogP contribution < -0.4 is 0 Å². The predicted molar refractivity (Wildman–Crippen MR) is 80.6 cm³/mol. The summed E-state index contributed by atoms with van der Waals surface area (Å²) in [5.74, 6) is -0.109. The number of benzene rings is 1. The molecule has 1 fully saturated rings. The monoisotopic (exact) mass is 275 g/mol. The van der Waals surface area contributed by atoms with Crippen molar-refractivity contribution in [3.8, 4) is 0 Å². The average molecular weight is 275 g/mol. The van der Waals surface area contributed by atoms with Gasteiger partial charge in [0.25, 0.3) is 0 Å². The Balaban J connectivity index is 2.27. The lowest BCUT2D eigenvalue weighted by molar-refractivity contribution is -0.146. The number of hydrogen-bond donors (Lipinski definition) is 0. The van der Waals surface area contributed by atoms with Crippen LogP contribution in [-0.2, 0) is 15.1 Å². The van der Waals surface area contributed by atoms with Gasteiger partial charge in [0, 0.05) is 0 Å². The maximum Gasteiger partial charge on any atom is 0.307 e. The number of ether oxygens (including phenoxy) is 1. The largest absolute Gasteiger partial charge is 0.466 e. The zero-order valence-electron chi connectivity index (χ0n) is 12.8. The molecule has 1 saturated heterocycles. The Hall–Kier alpha value is -1.35. The second-order valence-corrected chi connectivity index (χ2v) is 5.82. The molecule has 0 amide bonds. The average Bonchev–Trinajstić information content (AvgIpc) is 2.94. The van der Waals surface area contributed by atoms with Crippen molar-refractivity contribution in [1.29, 1.82) is 0 Å². The number of esters is 1. The summed E-state index contributed by atoms with van der Waals surface area (Å²) in [6.07, 6.45) is 2.85. The Morgan fingerprint density at radius 2 is 1.85 bits per heavy atom. The normalized spacial score (nSPS) is 18.8. The Morgan fingerprint density at radius 3 is 2.40 bits per heavy atom. The molecule has 110 valence electrons. The molecule has 2 rings (SSSR count). The van der Waals surface area contributed by atoms with E-state index in [1.807, 2.05) is 6.92 Å². The molecule has 1 atom stereocenters. The highest BCUT2D eigenvalue weighted by molar-refractivity contribution is 5.71. The molecule has 0 N–H and O–H groups in total. The maximum absolute atomic E-state index is 12.0. The van der Waals surface area contributed by atoms with Crippen molar-refractivity contribution in [3.05, 3.63) is 35.4 Å². The minimum Gasteiger partial charge on any atom is -0.466 e. The Kier molecular flexibility index (Phi) is 4.81. The van der Waals surface area contributed by atoms with Gasteiger partial charge in [-0.25, -0.2) is 0 Å². The number of hydrogen-bond acceptors (Lipinski definition) is 3. The molecule has 0 bridgehead atoms. The fraction of sp³-hybridized carbons (Fsp3) is 0.588. The van der Waals surface area contributed by atoms with Gasteiger partial charge in [-0.2, -0.15) is 0 Å². The lowest BCUT2D eigenvalue weighted by atomic mass is 9.86. The maximum atomic E-state index is 12.0. The molecular weight excluding hydrogens is 250 g/mol.